The van der Waals surface area contributed by atoms with E-state index in [4.69, 9.17) is 11.6 Å². The summed E-state index contributed by atoms with van der Waals surface area (Å²) in [6, 6.07) is 12.4. The minimum atomic E-state index is -3.19. The van der Waals surface area contributed by atoms with Crippen molar-refractivity contribution in [1.82, 2.24) is 4.90 Å². The van der Waals surface area contributed by atoms with E-state index in [1.807, 2.05) is 50.2 Å². The molecule has 0 radical (unpaired) electrons. The molecule has 0 N–H and O–H groups in total. The van der Waals surface area contributed by atoms with E-state index in [-0.39, 0.29) is 29.6 Å². The van der Waals surface area contributed by atoms with Crippen molar-refractivity contribution < 1.29 is 13.2 Å². The van der Waals surface area contributed by atoms with Gasteiger partial charge in [0.05, 0.1) is 23.6 Å². The van der Waals surface area contributed by atoms with Crippen LogP contribution in [0.3, 0.4) is 0 Å². The molecule has 2 amide bonds. The number of benzene rings is 2. The van der Waals surface area contributed by atoms with Gasteiger partial charge in [0.25, 0.3) is 0 Å². The van der Waals surface area contributed by atoms with Crippen molar-refractivity contribution in [3.05, 3.63) is 64.2 Å². The Morgan fingerprint density at radius 1 is 1.04 bits per heavy atom. The van der Waals surface area contributed by atoms with Crippen LogP contribution in [-0.2, 0) is 16.4 Å². The number of carbonyl (C=O) groups excluding carboxylic acids is 1. The smallest absolute Gasteiger partial charge is 0.314 e. The molecule has 2 saturated heterocycles. The summed E-state index contributed by atoms with van der Waals surface area (Å²) in [6.45, 7) is 4.25. The molecule has 142 valence electrons. The molecule has 0 aromatic heterocycles. The number of halogens is 1. The Morgan fingerprint density at radius 3 is 2.33 bits per heavy atom. The van der Waals surface area contributed by atoms with Gasteiger partial charge in [0.2, 0.25) is 0 Å². The number of hydrogen-bond donors (Lipinski definition) is 0. The number of nitrogens with zero attached hydrogens (tertiary/aromatic N) is 2. The molecule has 2 aliphatic heterocycles. The predicted octanol–water partition coefficient (Wildman–Crippen LogP) is 3.56. The normalized spacial score (nSPS) is 23.7. The van der Waals surface area contributed by atoms with Crippen LogP contribution in [0, 0.1) is 13.8 Å². The van der Waals surface area contributed by atoms with Crippen molar-refractivity contribution in [1.29, 1.82) is 0 Å². The highest BCUT2D eigenvalue weighted by Gasteiger charge is 2.53. The minimum absolute atomic E-state index is 0.00455. The fraction of sp³-hybridized carbons (Fsp3) is 0.350. The average molecular weight is 405 g/mol. The van der Waals surface area contributed by atoms with Crippen LogP contribution < -0.4 is 4.90 Å². The Hall–Kier alpha value is -2.05. The van der Waals surface area contributed by atoms with Crippen molar-refractivity contribution in [3.63, 3.8) is 0 Å². The van der Waals surface area contributed by atoms with E-state index < -0.39 is 9.84 Å². The monoisotopic (exact) mass is 404 g/mol. The Kier molecular flexibility index (Phi) is 4.43. The van der Waals surface area contributed by atoms with Crippen LogP contribution in [-0.4, -0.2) is 42.9 Å². The summed E-state index contributed by atoms with van der Waals surface area (Å²) in [6.07, 6.45) is 0. The second-order valence-corrected chi connectivity index (χ2v) is 9.99. The molecule has 4 rings (SSSR count). The maximum absolute atomic E-state index is 13.3. The molecule has 2 aliphatic rings. The predicted molar refractivity (Wildman–Crippen MR) is 107 cm³/mol. The van der Waals surface area contributed by atoms with Crippen molar-refractivity contribution in [2.75, 3.05) is 16.4 Å². The molecular formula is C20H21ClN2O3S. The molecule has 0 aliphatic carbocycles. The molecule has 27 heavy (non-hydrogen) atoms. The van der Waals surface area contributed by atoms with Crippen LogP contribution in [0.1, 0.15) is 16.7 Å². The van der Waals surface area contributed by atoms with E-state index >= 15 is 0 Å². The highest BCUT2D eigenvalue weighted by Crippen LogP contribution is 2.37. The summed E-state index contributed by atoms with van der Waals surface area (Å²) in [7, 11) is -3.19. The molecule has 2 atom stereocenters. The quantitative estimate of drug-likeness (QED) is 0.735. The van der Waals surface area contributed by atoms with Crippen LogP contribution in [0.2, 0.25) is 5.02 Å². The number of hydrogen-bond acceptors (Lipinski definition) is 3. The lowest BCUT2D eigenvalue weighted by Crippen LogP contribution is -2.37. The molecule has 2 aromatic carbocycles. The molecule has 5 nitrogen and oxygen atoms in total. The second kappa shape index (κ2) is 6.53. The first-order valence-electron chi connectivity index (χ1n) is 8.87. The third kappa shape index (κ3) is 3.32. The molecule has 0 saturated carbocycles. The molecule has 2 unspecified atom stereocenters. The van der Waals surface area contributed by atoms with E-state index in [0.29, 0.717) is 11.6 Å². The van der Waals surface area contributed by atoms with Gasteiger partial charge in [-0.3, -0.25) is 4.90 Å². The summed E-state index contributed by atoms with van der Waals surface area (Å²) in [5.41, 5.74) is 3.66. The zero-order valence-corrected chi connectivity index (χ0v) is 16.8. The van der Waals surface area contributed by atoms with Gasteiger partial charge in [-0.15, -0.1) is 0 Å². The van der Waals surface area contributed by atoms with E-state index in [9.17, 15) is 13.2 Å². The molecule has 0 bridgehead atoms. The molecule has 0 spiro atoms. The lowest BCUT2D eigenvalue weighted by molar-refractivity contribution is 0.206. The van der Waals surface area contributed by atoms with Gasteiger partial charge >= 0.3 is 6.03 Å². The van der Waals surface area contributed by atoms with E-state index in [1.165, 1.54) is 0 Å². The lowest BCUT2D eigenvalue weighted by atomic mass is 10.1. The zero-order valence-electron chi connectivity index (χ0n) is 15.2. The summed E-state index contributed by atoms with van der Waals surface area (Å²) >= 11 is 6.27. The average Bonchev–Trinajstić information content (AvgIpc) is 2.99. The number of fused-ring (bicyclic) bond motifs is 1. The second-order valence-electron chi connectivity index (χ2n) is 7.43. The fourth-order valence-corrected chi connectivity index (χ4v) is 6.31. The van der Waals surface area contributed by atoms with Gasteiger partial charge in [0.15, 0.2) is 9.84 Å². The molecule has 2 fully saturated rings. The first-order valence-corrected chi connectivity index (χ1v) is 11.1. The van der Waals surface area contributed by atoms with Crippen LogP contribution in [0.25, 0.3) is 0 Å². The molecule has 2 aromatic rings. The number of anilines is 1. The van der Waals surface area contributed by atoms with E-state index in [1.54, 1.807) is 15.9 Å². The van der Waals surface area contributed by atoms with Gasteiger partial charge < -0.3 is 4.90 Å². The molecule has 2 heterocycles. The van der Waals surface area contributed by atoms with Gasteiger partial charge in [-0.25, -0.2) is 13.2 Å². The number of urea groups is 1. The van der Waals surface area contributed by atoms with Crippen LogP contribution in [0.15, 0.2) is 42.5 Å². The number of amides is 2. The topological polar surface area (TPSA) is 57.7 Å². The standard InChI is InChI=1S/C20H21ClN2O3S/c1-13-7-14(2)9-16(8-13)23-19-12-27(25,26)11-18(19)22(20(23)24)10-15-5-3-4-6-17(15)21/h3-9,18-19H,10-12H2,1-2H3. The Balaban J connectivity index is 1.75. The van der Waals surface area contributed by atoms with Crippen molar-refractivity contribution in [2.24, 2.45) is 0 Å². The third-order valence-corrected chi connectivity index (χ3v) is 7.33. The van der Waals surface area contributed by atoms with Gasteiger partial charge in [-0.2, -0.15) is 0 Å². The largest absolute Gasteiger partial charge is 0.325 e. The Labute approximate surface area is 164 Å². The van der Waals surface area contributed by atoms with E-state index in [2.05, 4.69) is 0 Å². The third-order valence-electron chi connectivity index (χ3n) is 5.26. The SMILES string of the molecule is Cc1cc(C)cc(N2C(=O)N(Cc3ccccc3Cl)C3CS(=O)(=O)CC32)c1. The summed E-state index contributed by atoms with van der Waals surface area (Å²) in [5, 5.41) is 0.576. The number of carbonyl (C=O) groups is 1. The minimum Gasteiger partial charge on any atom is -0.314 e. The summed E-state index contributed by atoms with van der Waals surface area (Å²) in [5.74, 6) is -0.00935. The number of sulfone groups is 1. The Bertz CT molecular complexity index is 1000. The summed E-state index contributed by atoms with van der Waals surface area (Å²) < 4.78 is 24.7. The van der Waals surface area contributed by atoms with Gasteiger partial charge in [0, 0.05) is 17.3 Å². The van der Waals surface area contributed by atoms with Crippen molar-refractivity contribution >= 4 is 33.2 Å². The highest BCUT2D eigenvalue weighted by atomic mass is 35.5. The van der Waals surface area contributed by atoms with Crippen LogP contribution in [0.5, 0.6) is 0 Å². The maximum Gasteiger partial charge on any atom is 0.325 e. The molecule has 7 heteroatoms. The first-order chi connectivity index (χ1) is 12.7. The van der Waals surface area contributed by atoms with Gasteiger partial charge in [-0.05, 0) is 48.7 Å². The maximum atomic E-state index is 13.3. The Morgan fingerprint density at radius 2 is 1.67 bits per heavy atom. The lowest BCUT2D eigenvalue weighted by Gasteiger charge is -2.23. The first kappa shape index (κ1) is 18.3. The highest BCUT2D eigenvalue weighted by molar-refractivity contribution is 7.91. The van der Waals surface area contributed by atoms with Crippen LogP contribution in [0.4, 0.5) is 10.5 Å². The van der Waals surface area contributed by atoms with Crippen molar-refractivity contribution in [3.8, 4) is 0 Å². The van der Waals surface area contributed by atoms with Crippen molar-refractivity contribution in [2.45, 2.75) is 32.5 Å². The molecular weight excluding hydrogens is 384 g/mol. The van der Waals surface area contributed by atoms with Gasteiger partial charge in [0.1, 0.15) is 0 Å². The van der Waals surface area contributed by atoms with E-state index in [0.717, 1.165) is 22.4 Å². The van der Waals surface area contributed by atoms with Crippen LogP contribution >= 0.6 is 11.6 Å². The number of aryl methyl sites for hydroxylation is 2. The number of rotatable bonds is 3. The van der Waals surface area contributed by atoms with Gasteiger partial charge in [-0.1, -0.05) is 35.9 Å². The fourth-order valence-electron chi connectivity index (χ4n) is 4.16. The summed E-state index contributed by atoms with van der Waals surface area (Å²) in [4.78, 5) is 16.6. The zero-order chi connectivity index (χ0) is 19.3.